The number of aromatic nitrogens is 1. The molecule has 7 aliphatic rings. The van der Waals surface area contributed by atoms with Gasteiger partial charge in [-0.05, 0) is 56.5 Å². The van der Waals surface area contributed by atoms with E-state index in [1.165, 1.54) is 18.7 Å². The van der Waals surface area contributed by atoms with Crippen molar-refractivity contribution in [3.05, 3.63) is 75.0 Å². The Morgan fingerprint density at radius 1 is 1.12 bits per heavy atom. The topological polar surface area (TPSA) is 179 Å². The van der Waals surface area contributed by atoms with Gasteiger partial charge in [-0.25, -0.2) is 4.79 Å². The molecule has 1 aromatic heterocycles. The first-order valence-electron chi connectivity index (χ1n) is 19.2. The predicted octanol–water partition coefficient (Wildman–Crippen LogP) is 4.12. The van der Waals surface area contributed by atoms with Crippen LogP contribution in [0.5, 0.6) is 28.7 Å². The minimum absolute atomic E-state index is 0.0452. The number of nitriles is 1. The zero-order valence-electron chi connectivity index (χ0n) is 32.2. The molecule has 4 bridgehead atoms. The van der Waals surface area contributed by atoms with Crippen LogP contribution < -0.4 is 24.3 Å². The summed E-state index contributed by atoms with van der Waals surface area (Å²) >= 11 is 1.49. The van der Waals surface area contributed by atoms with Gasteiger partial charge >= 0.3 is 11.9 Å². The third kappa shape index (κ3) is 4.91. The number of rotatable bonds is 3. The van der Waals surface area contributed by atoms with Crippen LogP contribution in [0.25, 0.3) is 10.9 Å². The molecule has 57 heavy (non-hydrogen) atoms. The molecule has 0 radical (unpaired) electrons. The lowest BCUT2D eigenvalue weighted by Crippen LogP contribution is -2.69. The van der Waals surface area contributed by atoms with Gasteiger partial charge in [0.15, 0.2) is 28.5 Å². The molecule has 0 aliphatic carbocycles. The first-order valence-corrected chi connectivity index (χ1v) is 20.3. The zero-order chi connectivity index (χ0) is 39.7. The van der Waals surface area contributed by atoms with Gasteiger partial charge in [0.2, 0.25) is 6.79 Å². The van der Waals surface area contributed by atoms with Crippen molar-refractivity contribution in [3.63, 3.8) is 0 Å². The van der Waals surface area contributed by atoms with Crippen molar-refractivity contribution >= 4 is 34.6 Å². The number of hydrogen-bond acceptors (Lipinski definition) is 14. The summed E-state index contributed by atoms with van der Waals surface area (Å²) in [6, 6.07) is 9.36. The van der Waals surface area contributed by atoms with E-state index in [1.807, 2.05) is 51.2 Å². The first kappa shape index (κ1) is 36.4. The van der Waals surface area contributed by atoms with Crippen molar-refractivity contribution in [1.29, 1.82) is 5.26 Å². The van der Waals surface area contributed by atoms with Gasteiger partial charge in [0.05, 0.1) is 42.8 Å². The molecular weight excluding hydrogens is 751 g/mol. The summed E-state index contributed by atoms with van der Waals surface area (Å²) in [5, 5.41) is 37.9. The second-order valence-corrected chi connectivity index (χ2v) is 17.1. The van der Waals surface area contributed by atoms with E-state index in [-0.39, 0.29) is 37.6 Å². The molecule has 8 atom stereocenters. The number of carbonyl (C=O) groups excluding carboxylic acids is 2. The molecule has 15 heteroatoms. The van der Waals surface area contributed by atoms with Crippen LogP contribution in [0.1, 0.15) is 68.9 Å². The Balaban J connectivity index is 1.26. The number of phenolic OH excluding ortho intramolecular Hbond substituents is 1. The number of nitrogens with one attached hydrogen (secondary N) is 2. The van der Waals surface area contributed by atoms with Gasteiger partial charge in [0, 0.05) is 64.0 Å². The number of fused-ring (bicyclic) bond motifs is 11. The van der Waals surface area contributed by atoms with E-state index in [0.29, 0.717) is 63.8 Å². The summed E-state index contributed by atoms with van der Waals surface area (Å²) in [5.74, 6) is 0.758. The number of aromatic amines is 1. The number of likely N-dealkylation sites (N-methyl/N-ethyl adjacent to an activating group) is 1. The molecule has 3 aromatic carbocycles. The number of thioether (sulfide) groups is 1. The summed E-state index contributed by atoms with van der Waals surface area (Å²) in [5.41, 5.74) is 5.42. The zero-order valence-corrected chi connectivity index (χ0v) is 33.0. The van der Waals surface area contributed by atoms with Crippen LogP contribution in [-0.4, -0.2) is 101 Å². The number of nitrogens with zero attached hydrogens (tertiary/aromatic N) is 3. The second-order valence-electron chi connectivity index (χ2n) is 16.0. The molecule has 4 N–H and O–H groups in total. The van der Waals surface area contributed by atoms with Crippen LogP contribution in [0.3, 0.4) is 0 Å². The van der Waals surface area contributed by atoms with Crippen molar-refractivity contribution in [2.75, 3.05) is 39.9 Å². The fraction of sp³-hybridized carbons (Fsp3) is 0.452. The van der Waals surface area contributed by atoms with Crippen LogP contribution in [0.2, 0.25) is 0 Å². The van der Waals surface area contributed by atoms with E-state index in [0.717, 1.165) is 27.6 Å². The molecule has 4 aromatic rings. The number of H-pyrrole nitrogens is 1. The highest BCUT2D eigenvalue weighted by atomic mass is 32.2. The van der Waals surface area contributed by atoms with E-state index in [9.17, 15) is 20.3 Å². The lowest BCUT2D eigenvalue weighted by atomic mass is 9.71. The normalized spacial score (nSPS) is 29.8. The van der Waals surface area contributed by atoms with Crippen LogP contribution in [0, 0.1) is 25.2 Å². The lowest BCUT2D eigenvalue weighted by molar-refractivity contribution is -0.158. The number of methoxy groups -OCH3 is 1. The standard InChI is InChI=1S/C42H43N5O9S/c1-18-10-21-11-26-27(13-43)47-28-15-53-41(51)42(40-24(12-22(14-48)45-42)23-8-6-7-9-25(23)44-40)16-57-39(33(47)32(46(26)4)29(21)34(50)35(18)52-5)31-30(28)38-37(54-17-55-38)19(2)36(31)56-20(3)49/h6-10,22,26-28,32-33,39,44-45,48,50H,11-12,14-17H2,1-5H3/t22-,26-,27-,28-,32-,33+,39+,42+/m0/s1. The number of aliphatic hydroxyl groups is 1. The minimum atomic E-state index is -1.43. The molecule has 0 unspecified atom stereocenters. The van der Waals surface area contributed by atoms with Gasteiger partial charge in [-0.15, -0.1) is 11.8 Å². The number of ether oxygens (including phenoxy) is 5. The summed E-state index contributed by atoms with van der Waals surface area (Å²) in [4.78, 5) is 35.9. The van der Waals surface area contributed by atoms with Gasteiger partial charge < -0.3 is 38.9 Å². The van der Waals surface area contributed by atoms with Crippen LogP contribution in [0.4, 0.5) is 0 Å². The molecular formula is C42H43N5O9S. The Morgan fingerprint density at radius 3 is 2.67 bits per heavy atom. The second kappa shape index (κ2) is 13.0. The monoisotopic (exact) mass is 793 g/mol. The summed E-state index contributed by atoms with van der Waals surface area (Å²) < 4.78 is 30.8. The highest BCUT2D eigenvalue weighted by Crippen LogP contribution is 2.64. The highest BCUT2D eigenvalue weighted by Gasteiger charge is 2.62. The molecule has 2 saturated heterocycles. The number of phenols is 1. The van der Waals surface area contributed by atoms with E-state index >= 15 is 4.79 Å². The van der Waals surface area contributed by atoms with Gasteiger partial charge in [-0.3, -0.25) is 19.9 Å². The smallest absolute Gasteiger partial charge is 0.333 e. The van der Waals surface area contributed by atoms with Crippen molar-refractivity contribution in [2.45, 2.75) is 80.7 Å². The Labute approximate surface area is 332 Å². The maximum Gasteiger partial charge on any atom is 0.333 e. The number of esters is 2. The third-order valence-corrected chi connectivity index (χ3v) is 14.6. The number of carbonyl (C=O) groups is 2. The van der Waals surface area contributed by atoms with E-state index in [1.54, 1.807) is 7.11 Å². The quantitative estimate of drug-likeness (QED) is 0.172. The molecule has 11 rings (SSSR count). The Hall–Kier alpha value is -4.98. The van der Waals surface area contributed by atoms with Gasteiger partial charge in [0.25, 0.3) is 0 Å². The highest BCUT2D eigenvalue weighted by molar-refractivity contribution is 7.99. The summed E-state index contributed by atoms with van der Waals surface area (Å²) in [6.07, 6.45) is 0.984. The number of aliphatic hydroxyl groups excluding tert-OH is 1. The number of aromatic hydroxyl groups is 1. The fourth-order valence-corrected chi connectivity index (χ4v) is 12.5. The van der Waals surface area contributed by atoms with Gasteiger partial charge in [-0.2, -0.15) is 5.26 Å². The fourth-order valence-electron chi connectivity index (χ4n) is 10.9. The van der Waals surface area contributed by atoms with Crippen LogP contribution in [-0.2, 0) is 32.7 Å². The van der Waals surface area contributed by atoms with E-state index in [2.05, 4.69) is 26.2 Å². The Morgan fingerprint density at radius 2 is 1.91 bits per heavy atom. The third-order valence-electron chi connectivity index (χ3n) is 13.1. The molecule has 1 spiro atoms. The summed E-state index contributed by atoms with van der Waals surface area (Å²) in [7, 11) is 3.54. The van der Waals surface area contributed by atoms with Crippen LogP contribution in [0.15, 0.2) is 30.3 Å². The van der Waals surface area contributed by atoms with Crippen molar-refractivity contribution < 1.29 is 43.5 Å². The van der Waals surface area contributed by atoms with E-state index in [4.69, 9.17) is 23.7 Å². The molecule has 2 fully saturated rings. The van der Waals surface area contributed by atoms with Gasteiger partial charge in [-0.1, -0.05) is 24.3 Å². The van der Waals surface area contributed by atoms with Gasteiger partial charge in [0.1, 0.15) is 18.4 Å². The maximum absolute atomic E-state index is 15.0. The number of piperazine rings is 1. The maximum atomic E-state index is 15.0. The number of hydrogen-bond donors (Lipinski definition) is 4. The van der Waals surface area contributed by atoms with Crippen LogP contribution >= 0.6 is 11.8 Å². The largest absolute Gasteiger partial charge is 0.504 e. The number of para-hydroxylation sites is 1. The average Bonchev–Trinajstić information content (AvgIpc) is 3.84. The first-order chi connectivity index (χ1) is 27.5. The molecule has 7 aliphatic heterocycles. The SMILES string of the molecule is COc1c(C)cc2c(c1O)[C@H]1[C@@H]3[C@@H]4SC[C@]5(N[C@H](CO)Cc6c5[nH]c5ccccc65)C(=O)OC[C@@H](c5c6c(c(C)c(OC(C)=O)c54)OCO6)N3[C@@H](C#N)[C@H](C2)N1C. The lowest BCUT2D eigenvalue weighted by Gasteiger charge is -2.62. The average molecular weight is 794 g/mol. The Bertz CT molecular complexity index is 2450. The minimum Gasteiger partial charge on any atom is -0.504 e. The van der Waals surface area contributed by atoms with Crippen molar-refractivity contribution in [2.24, 2.45) is 0 Å². The summed E-state index contributed by atoms with van der Waals surface area (Å²) in [6.45, 7) is 4.65. The molecule has 8 heterocycles. The number of benzene rings is 3. The van der Waals surface area contributed by atoms with Crippen molar-refractivity contribution in [3.8, 4) is 34.8 Å². The van der Waals surface area contributed by atoms with Crippen molar-refractivity contribution in [1.82, 2.24) is 20.1 Å². The molecule has 0 amide bonds. The van der Waals surface area contributed by atoms with E-state index < -0.39 is 52.9 Å². The molecule has 296 valence electrons. The predicted molar refractivity (Wildman–Crippen MR) is 208 cm³/mol. The molecule has 14 nitrogen and oxygen atoms in total. The Kier molecular flexibility index (Phi) is 8.31. The number of aryl methyl sites for hydroxylation is 1. The molecule has 0 saturated carbocycles.